The van der Waals surface area contributed by atoms with Crippen molar-refractivity contribution in [3.8, 4) is 5.75 Å². The fourth-order valence-electron chi connectivity index (χ4n) is 3.21. The Labute approximate surface area is 142 Å². The number of hydrogen-bond acceptors (Lipinski definition) is 4. The maximum atomic E-state index is 12.4. The largest absolute Gasteiger partial charge is 0.496 e. The predicted molar refractivity (Wildman–Crippen MR) is 88.8 cm³/mol. The molecule has 1 aromatic carbocycles. The van der Waals surface area contributed by atoms with Gasteiger partial charge >= 0.3 is 0 Å². The molecule has 3 rings (SSSR count). The van der Waals surface area contributed by atoms with Crippen LogP contribution in [0.25, 0.3) is 0 Å². The zero-order chi connectivity index (χ0) is 16.2. The summed E-state index contributed by atoms with van der Waals surface area (Å²) in [6.45, 7) is 4.71. The third-order valence-corrected chi connectivity index (χ3v) is 4.76. The molecular weight excluding hydrogens is 316 g/mol. The number of rotatable bonds is 4. The second-order valence-electron chi connectivity index (χ2n) is 6.06. The van der Waals surface area contributed by atoms with Crippen molar-refractivity contribution in [2.75, 3.05) is 39.9 Å². The first-order valence-corrected chi connectivity index (χ1v) is 8.50. The normalized spacial score (nSPS) is 22.3. The van der Waals surface area contributed by atoms with Crippen LogP contribution in [0.5, 0.6) is 5.75 Å². The van der Waals surface area contributed by atoms with Gasteiger partial charge in [-0.25, -0.2) is 0 Å². The van der Waals surface area contributed by atoms with Gasteiger partial charge in [0.2, 0.25) is 0 Å². The van der Waals surface area contributed by atoms with Gasteiger partial charge in [0, 0.05) is 49.9 Å². The molecule has 0 radical (unpaired) electrons. The standard InChI is InChI=1S/C17H23ClN2O3/c1-22-15-5-4-14(18)11-13(15)12-19-6-8-20(9-7-19)17(21)16-3-2-10-23-16/h4-5,11,16H,2-3,6-10,12H2,1H3/t16-/m1/s1. The van der Waals surface area contributed by atoms with E-state index in [-0.39, 0.29) is 12.0 Å². The number of nitrogens with zero attached hydrogens (tertiary/aromatic N) is 2. The number of carbonyl (C=O) groups excluding carboxylic acids is 1. The first kappa shape index (κ1) is 16.6. The van der Waals surface area contributed by atoms with E-state index in [9.17, 15) is 4.79 Å². The molecule has 0 aliphatic carbocycles. The summed E-state index contributed by atoms with van der Waals surface area (Å²) in [5.41, 5.74) is 1.08. The quantitative estimate of drug-likeness (QED) is 0.844. The van der Waals surface area contributed by atoms with E-state index in [2.05, 4.69) is 4.90 Å². The van der Waals surface area contributed by atoms with Crippen LogP contribution in [0, 0.1) is 0 Å². The Kier molecular flexibility index (Phi) is 5.41. The summed E-state index contributed by atoms with van der Waals surface area (Å²) < 4.78 is 10.9. The van der Waals surface area contributed by atoms with E-state index in [1.165, 1.54) is 0 Å². The number of piperazine rings is 1. The monoisotopic (exact) mass is 338 g/mol. The predicted octanol–water partition coefficient (Wildman–Crippen LogP) is 2.17. The van der Waals surface area contributed by atoms with Gasteiger partial charge in [-0.15, -0.1) is 0 Å². The Bertz CT molecular complexity index is 553. The van der Waals surface area contributed by atoms with Gasteiger partial charge in [0.15, 0.2) is 0 Å². The summed E-state index contributed by atoms with van der Waals surface area (Å²) in [4.78, 5) is 16.6. The van der Waals surface area contributed by atoms with Crippen molar-refractivity contribution in [2.24, 2.45) is 0 Å². The first-order chi connectivity index (χ1) is 11.2. The van der Waals surface area contributed by atoms with Crippen molar-refractivity contribution in [3.63, 3.8) is 0 Å². The lowest BCUT2D eigenvalue weighted by Gasteiger charge is -2.35. The molecule has 2 heterocycles. The number of halogens is 1. The van der Waals surface area contributed by atoms with Gasteiger partial charge in [0.1, 0.15) is 11.9 Å². The summed E-state index contributed by atoms with van der Waals surface area (Å²) in [5, 5.41) is 0.716. The molecule has 6 heteroatoms. The molecule has 1 amide bonds. The minimum absolute atomic E-state index is 0.155. The number of carbonyl (C=O) groups is 1. The smallest absolute Gasteiger partial charge is 0.251 e. The zero-order valence-corrected chi connectivity index (χ0v) is 14.2. The van der Waals surface area contributed by atoms with Gasteiger partial charge in [-0.2, -0.15) is 0 Å². The topological polar surface area (TPSA) is 42.0 Å². The molecule has 0 N–H and O–H groups in total. The summed E-state index contributed by atoms with van der Waals surface area (Å²) in [6, 6.07) is 5.68. The number of benzene rings is 1. The summed E-state index contributed by atoms with van der Waals surface area (Å²) in [7, 11) is 1.67. The van der Waals surface area contributed by atoms with Gasteiger partial charge in [-0.3, -0.25) is 9.69 Å². The van der Waals surface area contributed by atoms with E-state index in [0.29, 0.717) is 11.6 Å². The Morgan fingerprint density at radius 3 is 2.78 bits per heavy atom. The highest BCUT2D eigenvalue weighted by Gasteiger charge is 2.30. The van der Waals surface area contributed by atoms with Crippen molar-refractivity contribution < 1.29 is 14.3 Å². The van der Waals surface area contributed by atoms with E-state index in [0.717, 1.165) is 56.9 Å². The second-order valence-corrected chi connectivity index (χ2v) is 6.50. The third-order valence-electron chi connectivity index (χ3n) is 4.53. The average molecular weight is 339 g/mol. The SMILES string of the molecule is COc1ccc(Cl)cc1CN1CCN(C(=O)[C@H]2CCCO2)CC1. The van der Waals surface area contributed by atoms with Crippen LogP contribution in [-0.4, -0.2) is 61.7 Å². The van der Waals surface area contributed by atoms with Crippen LogP contribution >= 0.6 is 11.6 Å². The first-order valence-electron chi connectivity index (χ1n) is 8.12. The molecule has 5 nitrogen and oxygen atoms in total. The minimum Gasteiger partial charge on any atom is -0.496 e. The molecule has 23 heavy (non-hydrogen) atoms. The number of methoxy groups -OCH3 is 1. The molecule has 0 unspecified atom stereocenters. The molecule has 2 aliphatic heterocycles. The molecule has 2 aliphatic rings. The molecule has 2 fully saturated rings. The molecule has 0 spiro atoms. The van der Waals surface area contributed by atoms with E-state index in [1.807, 2.05) is 23.1 Å². The summed E-state index contributed by atoms with van der Waals surface area (Å²) in [5.74, 6) is 1.01. The van der Waals surface area contributed by atoms with E-state index >= 15 is 0 Å². The molecule has 0 saturated carbocycles. The van der Waals surface area contributed by atoms with Crippen LogP contribution in [0.4, 0.5) is 0 Å². The third kappa shape index (κ3) is 3.97. The van der Waals surface area contributed by atoms with Gasteiger partial charge in [-0.05, 0) is 31.0 Å². The lowest BCUT2D eigenvalue weighted by atomic mass is 10.1. The molecule has 1 aromatic rings. The van der Waals surface area contributed by atoms with Crippen molar-refractivity contribution in [2.45, 2.75) is 25.5 Å². The molecule has 2 saturated heterocycles. The lowest BCUT2D eigenvalue weighted by Crippen LogP contribution is -2.51. The second kappa shape index (κ2) is 7.51. The van der Waals surface area contributed by atoms with Crippen LogP contribution in [0.15, 0.2) is 18.2 Å². The van der Waals surface area contributed by atoms with Crippen molar-refractivity contribution in [1.29, 1.82) is 0 Å². The molecule has 1 atom stereocenters. The van der Waals surface area contributed by atoms with Gasteiger partial charge in [-0.1, -0.05) is 11.6 Å². The van der Waals surface area contributed by atoms with Crippen molar-refractivity contribution in [3.05, 3.63) is 28.8 Å². The Balaban J connectivity index is 1.55. The highest BCUT2D eigenvalue weighted by molar-refractivity contribution is 6.30. The maximum Gasteiger partial charge on any atom is 0.251 e. The molecular formula is C17H23ClN2O3. The lowest BCUT2D eigenvalue weighted by molar-refractivity contribution is -0.142. The van der Waals surface area contributed by atoms with E-state index in [4.69, 9.17) is 21.1 Å². The summed E-state index contributed by atoms with van der Waals surface area (Å²) in [6.07, 6.45) is 1.64. The van der Waals surface area contributed by atoms with Crippen LogP contribution < -0.4 is 4.74 Å². The van der Waals surface area contributed by atoms with Crippen LogP contribution in [0.1, 0.15) is 18.4 Å². The fraction of sp³-hybridized carbons (Fsp3) is 0.588. The number of hydrogen-bond donors (Lipinski definition) is 0. The molecule has 0 bridgehead atoms. The molecule has 0 aromatic heterocycles. The van der Waals surface area contributed by atoms with Crippen LogP contribution in [0.3, 0.4) is 0 Å². The minimum atomic E-state index is -0.213. The maximum absolute atomic E-state index is 12.4. The van der Waals surface area contributed by atoms with Crippen molar-refractivity contribution in [1.82, 2.24) is 9.80 Å². The van der Waals surface area contributed by atoms with Crippen LogP contribution in [-0.2, 0) is 16.1 Å². The number of ether oxygens (including phenoxy) is 2. The highest BCUT2D eigenvalue weighted by atomic mass is 35.5. The van der Waals surface area contributed by atoms with E-state index in [1.54, 1.807) is 7.11 Å². The van der Waals surface area contributed by atoms with Gasteiger partial charge < -0.3 is 14.4 Å². The van der Waals surface area contributed by atoms with Crippen molar-refractivity contribution >= 4 is 17.5 Å². The van der Waals surface area contributed by atoms with Crippen LogP contribution in [0.2, 0.25) is 5.02 Å². The number of amides is 1. The zero-order valence-electron chi connectivity index (χ0n) is 13.5. The Morgan fingerprint density at radius 1 is 1.35 bits per heavy atom. The molecule has 126 valence electrons. The highest BCUT2D eigenvalue weighted by Crippen LogP contribution is 2.24. The van der Waals surface area contributed by atoms with E-state index < -0.39 is 0 Å². The van der Waals surface area contributed by atoms with Gasteiger partial charge in [0.25, 0.3) is 5.91 Å². The van der Waals surface area contributed by atoms with Gasteiger partial charge in [0.05, 0.1) is 7.11 Å². The summed E-state index contributed by atoms with van der Waals surface area (Å²) >= 11 is 6.09. The Morgan fingerprint density at radius 2 is 2.13 bits per heavy atom. The Hall–Kier alpha value is -1.30. The average Bonchev–Trinajstić information content (AvgIpc) is 3.10. The fourth-order valence-corrected chi connectivity index (χ4v) is 3.41.